The van der Waals surface area contributed by atoms with Crippen molar-refractivity contribution in [3.8, 4) is 0 Å². The average Bonchev–Trinajstić information content (AvgIpc) is 2.35. The molecule has 1 aliphatic carbocycles. The molecule has 0 amide bonds. The standard InChI is InChI=1S/C13H18O3/c1-3-12(14)11(13(15)16-2)9-10-7-5-4-6-8-10/h3,9-10H,1,4-8H2,2H3/b11-9-. The molecule has 0 N–H and O–H groups in total. The zero-order valence-electron chi connectivity index (χ0n) is 9.70. The van der Waals surface area contributed by atoms with Gasteiger partial charge in [0.1, 0.15) is 5.57 Å². The van der Waals surface area contributed by atoms with Crippen molar-refractivity contribution in [3.05, 3.63) is 24.3 Å². The summed E-state index contributed by atoms with van der Waals surface area (Å²) in [6.45, 7) is 3.39. The Kier molecular flexibility index (Phi) is 4.96. The van der Waals surface area contributed by atoms with Gasteiger partial charge in [0.15, 0.2) is 5.78 Å². The molecule has 0 aromatic carbocycles. The van der Waals surface area contributed by atoms with E-state index in [0.717, 1.165) is 31.8 Å². The number of methoxy groups -OCH3 is 1. The third kappa shape index (κ3) is 3.33. The van der Waals surface area contributed by atoms with Crippen LogP contribution in [0.2, 0.25) is 0 Å². The van der Waals surface area contributed by atoms with Gasteiger partial charge < -0.3 is 4.74 Å². The third-order valence-electron chi connectivity index (χ3n) is 2.91. The van der Waals surface area contributed by atoms with Crippen molar-refractivity contribution in [1.29, 1.82) is 0 Å². The Morgan fingerprint density at radius 2 is 1.88 bits per heavy atom. The fourth-order valence-corrected chi connectivity index (χ4v) is 2.01. The van der Waals surface area contributed by atoms with E-state index in [1.54, 1.807) is 6.08 Å². The van der Waals surface area contributed by atoms with Gasteiger partial charge in [-0.3, -0.25) is 4.79 Å². The summed E-state index contributed by atoms with van der Waals surface area (Å²) in [5.74, 6) is -0.584. The highest BCUT2D eigenvalue weighted by Gasteiger charge is 2.19. The van der Waals surface area contributed by atoms with Gasteiger partial charge in [-0.15, -0.1) is 0 Å². The molecule has 88 valence electrons. The summed E-state index contributed by atoms with van der Waals surface area (Å²) < 4.78 is 4.60. The number of ketones is 1. The molecule has 1 rings (SSSR count). The number of hydrogen-bond acceptors (Lipinski definition) is 3. The van der Waals surface area contributed by atoms with E-state index in [-0.39, 0.29) is 11.4 Å². The zero-order valence-corrected chi connectivity index (χ0v) is 9.70. The van der Waals surface area contributed by atoms with Gasteiger partial charge in [-0.1, -0.05) is 31.9 Å². The Balaban J connectivity index is 2.81. The van der Waals surface area contributed by atoms with E-state index in [2.05, 4.69) is 11.3 Å². The summed E-state index contributed by atoms with van der Waals surface area (Å²) in [5, 5.41) is 0. The van der Waals surface area contributed by atoms with Gasteiger partial charge in [-0.25, -0.2) is 4.79 Å². The van der Waals surface area contributed by atoms with Crippen LogP contribution in [0.3, 0.4) is 0 Å². The lowest BCUT2D eigenvalue weighted by Gasteiger charge is -2.18. The van der Waals surface area contributed by atoms with Crippen molar-refractivity contribution in [2.24, 2.45) is 5.92 Å². The van der Waals surface area contributed by atoms with Gasteiger partial charge in [0.25, 0.3) is 0 Å². The highest BCUT2D eigenvalue weighted by Crippen LogP contribution is 2.26. The Morgan fingerprint density at radius 1 is 1.25 bits per heavy atom. The average molecular weight is 222 g/mol. The number of carbonyl (C=O) groups is 2. The molecular formula is C13H18O3. The number of hydrogen-bond donors (Lipinski definition) is 0. The topological polar surface area (TPSA) is 43.4 Å². The lowest BCUT2D eigenvalue weighted by molar-refractivity contribution is -0.137. The summed E-state index contributed by atoms with van der Waals surface area (Å²) in [6, 6.07) is 0. The molecule has 1 fully saturated rings. The maximum absolute atomic E-state index is 11.5. The molecule has 1 saturated carbocycles. The van der Waals surface area contributed by atoms with Gasteiger partial charge in [-0.2, -0.15) is 0 Å². The number of esters is 1. The fraction of sp³-hybridized carbons (Fsp3) is 0.538. The SMILES string of the molecule is C=CC(=O)/C(=C/C1CCCCC1)C(=O)OC. The quantitative estimate of drug-likeness (QED) is 0.317. The summed E-state index contributed by atoms with van der Waals surface area (Å²) in [4.78, 5) is 22.9. The molecule has 0 bridgehead atoms. The van der Waals surface area contributed by atoms with Crippen molar-refractivity contribution in [2.45, 2.75) is 32.1 Å². The first-order valence-corrected chi connectivity index (χ1v) is 5.66. The van der Waals surface area contributed by atoms with Gasteiger partial charge in [-0.05, 0) is 24.8 Å². The molecule has 0 aromatic rings. The first-order valence-electron chi connectivity index (χ1n) is 5.66. The smallest absolute Gasteiger partial charge is 0.341 e. The maximum atomic E-state index is 11.5. The van der Waals surface area contributed by atoms with E-state index in [0.29, 0.717) is 5.92 Å². The molecule has 0 spiro atoms. The third-order valence-corrected chi connectivity index (χ3v) is 2.91. The second-order valence-corrected chi connectivity index (χ2v) is 4.04. The number of rotatable bonds is 4. The second kappa shape index (κ2) is 6.26. The minimum Gasteiger partial charge on any atom is -0.465 e. The van der Waals surface area contributed by atoms with E-state index in [1.807, 2.05) is 0 Å². The molecule has 0 radical (unpaired) electrons. The van der Waals surface area contributed by atoms with Crippen molar-refractivity contribution >= 4 is 11.8 Å². The normalized spacial score (nSPS) is 17.9. The fourth-order valence-electron chi connectivity index (χ4n) is 2.01. The van der Waals surface area contributed by atoms with Crippen LogP contribution in [0.25, 0.3) is 0 Å². The zero-order chi connectivity index (χ0) is 12.0. The number of carbonyl (C=O) groups excluding carboxylic acids is 2. The molecular weight excluding hydrogens is 204 g/mol. The molecule has 0 atom stereocenters. The number of ether oxygens (including phenoxy) is 1. The Labute approximate surface area is 96.2 Å². The first-order chi connectivity index (χ1) is 7.69. The Hall–Kier alpha value is -1.38. The van der Waals surface area contributed by atoms with Crippen LogP contribution in [0.4, 0.5) is 0 Å². The van der Waals surface area contributed by atoms with Gasteiger partial charge in [0.2, 0.25) is 0 Å². The predicted molar refractivity (Wildman–Crippen MR) is 61.9 cm³/mol. The molecule has 3 heteroatoms. The Bertz CT molecular complexity index is 309. The van der Waals surface area contributed by atoms with E-state index in [4.69, 9.17) is 0 Å². The number of allylic oxidation sites excluding steroid dienone is 2. The molecule has 0 unspecified atom stereocenters. The highest BCUT2D eigenvalue weighted by atomic mass is 16.5. The molecule has 0 aliphatic heterocycles. The van der Waals surface area contributed by atoms with E-state index >= 15 is 0 Å². The van der Waals surface area contributed by atoms with Crippen LogP contribution < -0.4 is 0 Å². The molecule has 0 heterocycles. The van der Waals surface area contributed by atoms with Crippen molar-refractivity contribution < 1.29 is 14.3 Å². The lowest BCUT2D eigenvalue weighted by Crippen LogP contribution is -2.15. The monoisotopic (exact) mass is 222 g/mol. The van der Waals surface area contributed by atoms with E-state index in [1.165, 1.54) is 13.5 Å². The summed E-state index contributed by atoms with van der Waals surface area (Å²) in [6.07, 6.45) is 8.58. The first kappa shape index (κ1) is 12.7. The lowest BCUT2D eigenvalue weighted by atomic mass is 9.87. The largest absolute Gasteiger partial charge is 0.465 e. The highest BCUT2D eigenvalue weighted by molar-refractivity contribution is 6.21. The predicted octanol–water partition coefficient (Wildman–Crippen LogP) is 2.42. The van der Waals surface area contributed by atoms with Crippen LogP contribution in [0, 0.1) is 5.92 Å². The van der Waals surface area contributed by atoms with Crippen LogP contribution in [-0.4, -0.2) is 18.9 Å². The van der Waals surface area contributed by atoms with Crippen molar-refractivity contribution in [3.63, 3.8) is 0 Å². The minimum absolute atomic E-state index is 0.129. The van der Waals surface area contributed by atoms with Gasteiger partial charge in [0.05, 0.1) is 7.11 Å². The van der Waals surface area contributed by atoms with Crippen molar-refractivity contribution in [2.75, 3.05) is 7.11 Å². The van der Waals surface area contributed by atoms with Crippen LogP contribution in [0.5, 0.6) is 0 Å². The molecule has 0 saturated heterocycles. The van der Waals surface area contributed by atoms with Gasteiger partial charge >= 0.3 is 5.97 Å². The maximum Gasteiger partial charge on any atom is 0.341 e. The van der Waals surface area contributed by atoms with Crippen LogP contribution in [-0.2, 0) is 14.3 Å². The van der Waals surface area contributed by atoms with Gasteiger partial charge in [0, 0.05) is 0 Å². The van der Waals surface area contributed by atoms with Crippen LogP contribution >= 0.6 is 0 Å². The second-order valence-electron chi connectivity index (χ2n) is 4.04. The molecule has 16 heavy (non-hydrogen) atoms. The molecule has 0 aromatic heterocycles. The minimum atomic E-state index is -0.560. The van der Waals surface area contributed by atoms with Crippen molar-refractivity contribution in [1.82, 2.24) is 0 Å². The van der Waals surface area contributed by atoms with E-state index < -0.39 is 5.97 Å². The molecule has 3 nitrogen and oxygen atoms in total. The van der Waals surface area contributed by atoms with Crippen LogP contribution in [0.15, 0.2) is 24.3 Å². The summed E-state index contributed by atoms with van der Waals surface area (Å²) >= 11 is 0. The summed E-state index contributed by atoms with van der Waals surface area (Å²) in [7, 11) is 1.29. The Morgan fingerprint density at radius 3 is 2.38 bits per heavy atom. The van der Waals surface area contributed by atoms with E-state index in [9.17, 15) is 9.59 Å². The molecule has 1 aliphatic rings. The summed E-state index contributed by atoms with van der Waals surface area (Å²) in [5.41, 5.74) is 0.129. The van der Waals surface area contributed by atoms with Crippen LogP contribution in [0.1, 0.15) is 32.1 Å².